The van der Waals surface area contributed by atoms with E-state index >= 15 is 0 Å². The fourth-order valence-corrected chi connectivity index (χ4v) is 3.92. The molecule has 6 nitrogen and oxygen atoms in total. The summed E-state index contributed by atoms with van der Waals surface area (Å²) in [5, 5.41) is 4.40. The van der Waals surface area contributed by atoms with Gasteiger partial charge in [-0.2, -0.15) is 0 Å². The highest BCUT2D eigenvalue weighted by Crippen LogP contribution is 2.34. The molecule has 0 saturated carbocycles. The SMILES string of the molecule is O=C1NC(=O)C(C[C@H]2CCCN3CCCC[C@H]23)C(=O)N1. The number of piperidine rings is 2. The summed E-state index contributed by atoms with van der Waals surface area (Å²) in [5.74, 6) is -1.20. The van der Waals surface area contributed by atoms with Crippen LogP contribution in [0.4, 0.5) is 4.79 Å². The summed E-state index contributed by atoms with van der Waals surface area (Å²) in [5.41, 5.74) is 0. The molecule has 0 radical (unpaired) electrons. The van der Waals surface area contributed by atoms with Crippen LogP contribution < -0.4 is 10.6 Å². The summed E-state index contributed by atoms with van der Waals surface area (Å²) in [4.78, 5) is 37.3. The van der Waals surface area contributed by atoms with E-state index in [9.17, 15) is 14.4 Å². The van der Waals surface area contributed by atoms with Crippen LogP contribution in [0.5, 0.6) is 0 Å². The Labute approximate surface area is 118 Å². The van der Waals surface area contributed by atoms with Gasteiger partial charge in [0, 0.05) is 6.04 Å². The Morgan fingerprint density at radius 3 is 2.40 bits per heavy atom. The predicted octanol–water partition coefficient (Wildman–Crippen LogP) is 0.623. The fourth-order valence-electron chi connectivity index (χ4n) is 3.92. The molecule has 2 N–H and O–H groups in total. The third-order valence-corrected chi connectivity index (χ3v) is 4.87. The van der Waals surface area contributed by atoms with E-state index in [0.717, 1.165) is 25.9 Å². The number of carbonyl (C=O) groups is 3. The van der Waals surface area contributed by atoms with E-state index in [1.807, 2.05) is 0 Å². The zero-order valence-corrected chi connectivity index (χ0v) is 11.6. The average Bonchev–Trinajstić information content (AvgIpc) is 2.43. The van der Waals surface area contributed by atoms with Crippen LogP contribution >= 0.6 is 0 Å². The number of rotatable bonds is 2. The first-order valence-corrected chi connectivity index (χ1v) is 7.55. The molecule has 0 aliphatic carbocycles. The van der Waals surface area contributed by atoms with Gasteiger partial charge in [0.1, 0.15) is 5.92 Å². The molecule has 0 unspecified atom stereocenters. The minimum atomic E-state index is -0.709. The first-order valence-electron chi connectivity index (χ1n) is 7.55. The number of fused-ring (bicyclic) bond motifs is 1. The van der Waals surface area contributed by atoms with E-state index in [0.29, 0.717) is 18.4 Å². The lowest BCUT2D eigenvalue weighted by Gasteiger charge is -2.45. The minimum Gasteiger partial charge on any atom is -0.300 e. The van der Waals surface area contributed by atoms with Crippen LogP contribution in [0, 0.1) is 11.8 Å². The Hall–Kier alpha value is -1.43. The number of imide groups is 2. The molecule has 20 heavy (non-hydrogen) atoms. The van der Waals surface area contributed by atoms with Crippen LogP contribution in [0.1, 0.15) is 38.5 Å². The molecule has 3 heterocycles. The Kier molecular flexibility index (Phi) is 3.74. The second kappa shape index (κ2) is 5.52. The van der Waals surface area contributed by atoms with Crippen LogP contribution in [-0.4, -0.2) is 41.9 Å². The van der Waals surface area contributed by atoms with Crippen molar-refractivity contribution in [2.24, 2.45) is 11.8 Å². The third kappa shape index (κ3) is 2.57. The molecule has 2 atom stereocenters. The molecule has 6 heteroatoms. The Bertz CT molecular complexity index is 415. The van der Waals surface area contributed by atoms with Crippen molar-refractivity contribution >= 4 is 17.8 Å². The molecule has 0 aromatic carbocycles. The summed E-state index contributed by atoms with van der Waals surface area (Å²) >= 11 is 0. The molecule has 3 rings (SSSR count). The number of nitrogens with one attached hydrogen (secondary N) is 2. The first-order chi connectivity index (χ1) is 9.65. The number of urea groups is 1. The van der Waals surface area contributed by atoms with Gasteiger partial charge in [-0.15, -0.1) is 0 Å². The highest BCUT2D eigenvalue weighted by molar-refractivity contribution is 6.16. The molecule has 0 aromatic heterocycles. The Morgan fingerprint density at radius 2 is 1.65 bits per heavy atom. The normalized spacial score (nSPS) is 32.5. The lowest BCUT2D eigenvalue weighted by atomic mass is 9.78. The molecule has 110 valence electrons. The summed E-state index contributed by atoms with van der Waals surface area (Å²) in [6, 6.07) is -0.185. The van der Waals surface area contributed by atoms with Crippen molar-refractivity contribution in [3.05, 3.63) is 0 Å². The maximum absolute atomic E-state index is 11.8. The second-order valence-corrected chi connectivity index (χ2v) is 6.10. The second-order valence-electron chi connectivity index (χ2n) is 6.10. The van der Waals surface area contributed by atoms with Gasteiger partial charge < -0.3 is 4.90 Å². The van der Waals surface area contributed by atoms with Crippen LogP contribution in [0.25, 0.3) is 0 Å². The molecule has 3 aliphatic heterocycles. The minimum absolute atomic E-state index is 0.388. The van der Waals surface area contributed by atoms with Crippen molar-refractivity contribution < 1.29 is 14.4 Å². The third-order valence-electron chi connectivity index (χ3n) is 4.87. The molecule has 0 spiro atoms. The predicted molar refractivity (Wildman–Crippen MR) is 71.7 cm³/mol. The van der Waals surface area contributed by atoms with E-state index in [4.69, 9.17) is 0 Å². The first kappa shape index (κ1) is 13.5. The van der Waals surface area contributed by atoms with Crippen molar-refractivity contribution in [1.29, 1.82) is 0 Å². The van der Waals surface area contributed by atoms with Crippen LogP contribution in [0.15, 0.2) is 0 Å². The summed E-state index contributed by atoms with van der Waals surface area (Å²) in [7, 11) is 0. The van der Waals surface area contributed by atoms with E-state index in [-0.39, 0.29) is 0 Å². The molecule has 3 fully saturated rings. The smallest absolute Gasteiger partial charge is 0.300 e. The quantitative estimate of drug-likeness (QED) is 0.726. The molecular formula is C14H21N3O3. The maximum Gasteiger partial charge on any atom is 0.328 e. The van der Waals surface area contributed by atoms with Crippen LogP contribution in [0.2, 0.25) is 0 Å². The van der Waals surface area contributed by atoms with Gasteiger partial charge in [0.2, 0.25) is 11.8 Å². The molecule has 3 aliphatic rings. The highest BCUT2D eigenvalue weighted by Gasteiger charge is 2.40. The monoisotopic (exact) mass is 279 g/mol. The standard InChI is InChI=1S/C14H21N3O3/c18-12-10(13(19)16-14(20)15-12)8-9-4-3-7-17-6-2-1-5-11(9)17/h9-11H,1-8H2,(H2,15,16,18,19,20)/t9-,11-/m1/s1. The van der Waals surface area contributed by atoms with E-state index in [1.165, 1.54) is 19.3 Å². The van der Waals surface area contributed by atoms with Gasteiger partial charge in [-0.1, -0.05) is 6.42 Å². The number of hydrogen-bond donors (Lipinski definition) is 2. The van der Waals surface area contributed by atoms with Crippen molar-refractivity contribution in [3.8, 4) is 0 Å². The number of nitrogens with zero attached hydrogens (tertiary/aromatic N) is 1. The van der Waals surface area contributed by atoms with Gasteiger partial charge in [0.05, 0.1) is 0 Å². The average molecular weight is 279 g/mol. The van der Waals surface area contributed by atoms with Crippen LogP contribution in [0.3, 0.4) is 0 Å². The summed E-state index contributed by atoms with van der Waals surface area (Å²) in [6.45, 7) is 2.28. The van der Waals surface area contributed by atoms with Crippen molar-refractivity contribution in [2.45, 2.75) is 44.6 Å². The van der Waals surface area contributed by atoms with Gasteiger partial charge in [0.25, 0.3) is 0 Å². The summed E-state index contributed by atoms with van der Waals surface area (Å²) in [6.07, 6.45) is 6.43. The fraction of sp³-hybridized carbons (Fsp3) is 0.786. The molecule has 0 bridgehead atoms. The van der Waals surface area contributed by atoms with Gasteiger partial charge in [0.15, 0.2) is 0 Å². The summed E-state index contributed by atoms with van der Waals surface area (Å²) < 4.78 is 0. The number of carbonyl (C=O) groups excluding carboxylic acids is 3. The molecular weight excluding hydrogens is 258 g/mol. The van der Waals surface area contributed by atoms with E-state index in [2.05, 4.69) is 15.5 Å². The zero-order chi connectivity index (χ0) is 14.1. The molecule has 4 amide bonds. The van der Waals surface area contributed by atoms with E-state index in [1.54, 1.807) is 0 Å². The largest absolute Gasteiger partial charge is 0.328 e. The topological polar surface area (TPSA) is 78.5 Å². The van der Waals surface area contributed by atoms with Crippen molar-refractivity contribution in [3.63, 3.8) is 0 Å². The number of barbiturate groups is 1. The van der Waals surface area contributed by atoms with Gasteiger partial charge in [-0.3, -0.25) is 20.2 Å². The van der Waals surface area contributed by atoms with Gasteiger partial charge >= 0.3 is 6.03 Å². The highest BCUT2D eigenvalue weighted by atomic mass is 16.2. The lowest BCUT2D eigenvalue weighted by molar-refractivity contribution is -0.137. The maximum atomic E-state index is 11.8. The van der Waals surface area contributed by atoms with Crippen molar-refractivity contribution in [2.75, 3.05) is 13.1 Å². The van der Waals surface area contributed by atoms with Gasteiger partial charge in [-0.05, 0) is 51.1 Å². The Balaban J connectivity index is 1.68. The molecule has 0 aromatic rings. The number of amides is 4. The lowest BCUT2D eigenvalue weighted by Crippen LogP contribution is -2.57. The molecule has 3 saturated heterocycles. The van der Waals surface area contributed by atoms with Gasteiger partial charge in [-0.25, -0.2) is 4.79 Å². The van der Waals surface area contributed by atoms with Crippen molar-refractivity contribution in [1.82, 2.24) is 15.5 Å². The number of hydrogen-bond acceptors (Lipinski definition) is 4. The van der Waals surface area contributed by atoms with Crippen LogP contribution in [-0.2, 0) is 9.59 Å². The Morgan fingerprint density at radius 1 is 0.950 bits per heavy atom. The van der Waals surface area contributed by atoms with E-state index < -0.39 is 23.8 Å². The zero-order valence-electron chi connectivity index (χ0n) is 11.6.